The number of benzene rings is 2. The molecule has 0 aliphatic rings. The minimum Gasteiger partial charge on any atom is -0.508 e. The minimum absolute atomic E-state index is 0.0107. The van der Waals surface area contributed by atoms with Crippen molar-refractivity contribution in [2.24, 2.45) is 0 Å². The van der Waals surface area contributed by atoms with Gasteiger partial charge in [-0.3, -0.25) is 4.79 Å². The van der Waals surface area contributed by atoms with Crippen LogP contribution in [0.15, 0.2) is 36.7 Å². The Hall–Kier alpha value is -3.06. The van der Waals surface area contributed by atoms with E-state index in [0.717, 1.165) is 0 Å². The number of halogens is 1. The van der Waals surface area contributed by atoms with E-state index in [1.807, 2.05) is 13.8 Å². The first kappa shape index (κ1) is 18.7. The summed E-state index contributed by atoms with van der Waals surface area (Å²) in [6, 6.07) is 7.65. The largest absolute Gasteiger partial charge is 0.508 e. The number of methoxy groups -OCH3 is 1. The van der Waals surface area contributed by atoms with Crippen molar-refractivity contribution in [2.75, 3.05) is 12.4 Å². The smallest absolute Gasteiger partial charge is 0.256 e. The van der Waals surface area contributed by atoms with Crippen molar-refractivity contribution < 1.29 is 19.4 Å². The molecule has 0 spiro atoms. The molecule has 0 unspecified atom stereocenters. The lowest BCUT2D eigenvalue weighted by molar-refractivity contribution is 0.102. The van der Waals surface area contributed by atoms with Gasteiger partial charge in [0.05, 0.1) is 29.1 Å². The Bertz CT molecular complexity index is 1010. The fourth-order valence-corrected chi connectivity index (χ4v) is 2.76. The van der Waals surface area contributed by atoms with Gasteiger partial charge in [-0.25, -0.2) is 9.97 Å². The molecule has 3 rings (SSSR count). The molecule has 0 saturated heterocycles. The molecule has 1 heterocycles. The van der Waals surface area contributed by atoms with E-state index in [2.05, 4.69) is 15.3 Å². The fourth-order valence-electron chi connectivity index (χ4n) is 2.56. The number of carbonyl (C=O) groups excluding carboxylic acids is 1. The van der Waals surface area contributed by atoms with Crippen molar-refractivity contribution in [3.63, 3.8) is 0 Å². The van der Waals surface area contributed by atoms with Gasteiger partial charge in [-0.1, -0.05) is 11.6 Å². The molecule has 0 saturated carbocycles. The van der Waals surface area contributed by atoms with Gasteiger partial charge in [0.25, 0.3) is 5.91 Å². The van der Waals surface area contributed by atoms with E-state index < -0.39 is 5.91 Å². The van der Waals surface area contributed by atoms with Gasteiger partial charge in [0.2, 0.25) is 0 Å². The molecule has 2 N–H and O–H groups in total. The maximum Gasteiger partial charge on any atom is 0.256 e. The van der Waals surface area contributed by atoms with Crippen molar-refractivity contribution >= 4 is 34.2 Å². The summed E-state index contributed by atoms with van der Waals surface area (Å²) in [5, 5.41) is 13.6. The second kappa shape index (κ2) is 7.67. The van der Waals surface area contributed by atoms with Gasteiger partial charge in [-0.2, -0.15) is 0 Å². The minimum atomic E-state index is -0.395. The third kappa shape index (κ3) is 4.03. The van der Waals surface area contributed by atoms with Crippen LogP contribution < -0.4 is 14.8 Å². The molecule has 2 aromatic carbocycles. The highest BCUT2D eigenvalue weighted by Crippen LogP contribution is 2.34. The number of nitrogens with one attached hydrogen (secondary N) is 1. The molecular weight excluding hydrogens is 370 g/mol. The number of rotatable bonds is 5. The second-order valence-electron chi connectivity index (χ2n) is 6.03. The number of carbonyl (C=O) groups is 1. The highest BCUT2D eigenvalue weighted by molar-refractivity contribution is 6.32. The van der Waals surface area contributed by atoms with Crippen LogP contribution in [0.2, 0.25) is 5.02 Å². The standard InChI is InChI=1S/C19H18ClN3O4/c1-10(2)27-16-8-12(24)7-14-17(16)18(22-9-21-14)23-19(25)11-4-5-13(20)15(6-11)26-3/h4-10,24H,1-3H3,(H,21,22,23,25). The molecule has 0 aliphatic carbocycles. The molecule has 8 heteroatoms. The molecule has 1 aromatic heterocycles. The number of aromatic nitrogens is 2. The van der Waals surface area contributed by atoms with Crippen molar-refractivity contribution in [1.82, 2.24) is 9.97 Å². The Morgan fingerprint density at radius 2 is 1.96 bits per heavy atom. The van der Waals surface area contributed by atoms with Crippen molar-refractivity contribution in [3.05, 3.63) is 47.2 Å². The summed E-state index contributed by atoms with van der Waals surface area (Å²) < 4.78 is 10.9. The van der Waals surface area contributed by atoms with Crippen LogP contribution >= 0.6 is 11.6 Å². The Morgan fingerprint density at radius 3 is 2.67 bits per heavy atom. The number of hydrogen-bond acceptors (Lipinski definition) is 6. The molecule has 140 valence electrons. The maximum atomic E-state index is 12.7. The normalized spacial score (nSPS) is 10.9. The molecule has 0 bridgehead atoms. The lowest BCUT2D eigenvalue weighted by atomic mass is 10.1. The summed E-state index contributed by atoms with van der Waals surface area (Å²) in [6.45, 7) is 3.72. The van der Waals surface area contributed by atoms with E-state index in [9.17, 15) is 9.90 Å². The monoisotopic (exact) mass is 387 g/mol. The lowest BCUT2D eigenvalue weighted by Crippen LogP contribution is -2.14. The fraction of sp³-hybridized carbons (Fsp3) is 0.211. The van der Waals surface area contributed by atoms with E-state index in [4.69, 9.17) is 21.1 Å². The predicted octanol–water partition coefficient (Wildman–Crippen LogP) is 4.04. The zero-order chi connectivity index (χ0) is 19.6. The van der Waals surface area contributed by atoms with Crippen molar-refractivity contribution in [1.29, 1.82) is 0 Å². The third-order valence-corrected chi connectivity index (χ3v) is 4.01. The molecule has 0 atom stereocenters. The zero-order valence-corrected chi connectivity index (χ0v) is 15.7. The van der Waals surface area contributed by atoms with Gasteiger partial charge in [0.1, 0.15) is 29.4 Å². The van der Waals surface area contributed by atoms with E-state index in [1.165, 1.54) is 25.6 Å². The summed E-state index contributed by atoms with van der Waals surface area (Å²) in [5.74, 6) is 0.662. The first-order valence-electron chi connectivity index (χ1n) is 8.18. The summed E-state index contributed by atoms with van der Waals surface area (Å²) >= 11 is 6.01. The van der Waals surface area contributed by atoms with Crippen molar-refractivity contribution in [2.45, 2.75) is 20.0 Å². The van der Waals surface area contributed by atoms with E-state index in [0.29, 0.717) is 33.0 Å². The Morgan fingerprint density at radius 1 is 1.19 bits per heavy atom. The Labute approximate surface area is 160 Å². The SMILES string of the molecule is COc1cc(C(=O)Nc2ncnc3cc(O)cc(OC(C)C)c23)ccc1Cl. The number of fused-ring (bicyclic) bond motifs is 1. The number of amides is 1. The van der Waals surface area contributed by atoms with E-state index in [-0.39, 0.29) is 17.7 Å². The molecule has 0 fully saturated rings. The van der Waals surface area contributed by atoms with Gasteiger partial charge in [-0.15, -0.1) is 0 Å². The maximum absolute atomic E-state index is 12.7. The van der Waals surface area contributed by atoms with Crippen molar-refractivity contribution in [3.8, 4) is 17.2 Å². The van der Waals surface area contributed by atoms with E-state index in [1.54, 1.807) is 18.2 Å². The number of aromatic hydroxyl groups is 1. The molecule has 0 radical (unpaired) electrons. The summed E-state index contributed by atoms with van der Waals surface area (Å²) in [4.78, 5) is 21.0. The van der Waals surface area contributed by atoms with E-state index >= 15 is 0 Å². The Kier molecular flexibility index (Phi) is 5.32. The summed E-state index contributed by atoms with van der Waals surface area (Å²) in [6.07, 6.45) is 1.16. The van der Waals surface area contributed by atoms with Crippen LogP contribution in [-0.2, 0) is 0 Å². The first-order chi connectivity index (χ1) is 12.9. The van der Waals surface area contributed by atoms with Crippen LogP contribution in [0.25, 0.3) is 10.9 Å². The second-order valence-corrected chi connectivity index (χ2v) is 6.44. The quantitative estimate of drug-likeness (QED) is 0.686. The highest BCUT2D eigenvalue weighted by atomic mass is 35.5. The van der Waals surface area contributed by atoms with Gasteiger partial charge in [0, 0.05) is 17.7 Å². The topological polar surface area (TPSA) is 93.6 Å². The van der Waals surface area contributed by atoms with Crippen LogP contribution in [0.4, 0.5) is 5.82 Å². The van der Waals surface area contributed by atoms with Gasteiger partial charge < -0.3 is 19.9 Å². The highest BCUT2D eigenvalue weighted by Gasteiger charge is 2.17. The van der Waals surface area contributed by atoms with Crippen LogP contribution in [0.1, 0.15) is 24.2 Å². The molecular formula is C19H18ClN3O4. The van der Waals surface area contributed by atoms with Gasteiger partial charge in [-0.05, 0) is 32.0 Å². The molecule has 7 nitrogen and oxygen atoms in total. The third-order valence-electron chi connectivity index (χ3n) is 3.69. The van der Waals surface area contributed by atoms with Crippen LogP contribution in [0.5, 0.6) is 17.2 Å². The van der Waals surface area contributed by atoms with Gasteiger partial charge in [0.15, 0.2) is 0 Å². The molecule has 1 amide bonds. The van der Waals surface area contributed by atoms with Gasteiger partial charge >= 0.3 is 0 Å². The van der Waals surface area contributed by atoms with Crippen LogP contribution in [-0.4, -0.2) is 34.2 Å². The lowest BCUT2D eigenvalue weighted by Gasteiger charge is -2.15. The number of phenols is 1. The summed E-state index contributed by atoms with van der Waals surface area (Å²) in [7, 11) is 1.48. The zero-order valence-electron chi connectivity index (χ0n) is 15.0. The average Bonchev–Trinajstić information content (AvgIpc) is 2.61. The summed E-state index contributed by atoms with van der Waals surface area (Å²) in [5.41, 5.74) is 0.803. The number of ether oxygens (including phenoxy) is 2. The Balaban J connectivity index is 2.03. The predicted molar refractivity (Wildman–Crippen MR) is 103 cm³/mol. The van der Waals surface area contributed by atoms with Crippen LogP contribution in [0, 0.1) is 0 Å². The number of anilines is 1. The number of phenolic OH excluding ortho intramolecular Hbond substituents is 1. The molecule has 27 heavy (non-hydrogen) atoms. The first-order valence-corrected chi connectivity index (χ1v) is 8.56. The molecule has 3 aromatic rings. The average molecular weight is 388 g/mol. The number of hydrogen-bond donors (Lipinski definition) is 2. The molecule has 0 aliphatic heterocycles. The number of nitrogens with zero attached hydrogens (tertiary/aromatic N) is 2. The van der Waals surface area contributed by atoms with Crippen LogP contribution in [0.3, 0.4) is 0 Å².